The molecule has 0 N–H and O–H groups in total. The third-order valence-corrected chi connectivity index (χ3v) is 3.51. The zero-order chi connectivity index (χ0) is 13.4. The fourth-order valence-electron chi connectivity index (χ4n) is 2.28. The molecular formula is C14H10N4S. The van der Waals surface area contributed by atoms with Gasteiger partial charge in [-0.2, -0.15) is 5.26 Å². The van der Waals surface area contributed by atoms with Crippen LogP contribution in [0.3, 0.4) is 0 Å². The average Bonchev–Trinajstić information content (AvgIpc) is 2.75. The fraction of sp³-hybridized carbons (Fsp3) is 0.143. The number of nitrogens with zero attached hydrogens (tertiary/aromatic N) is 4. The number of rotatable bonds is 1. The molecule has 0 saturated heterocycles. The van der Waals surface area contributed by atoms with Crippen LogP contribution >= 0.6 is 12.2 Å². The van der Waals surface area contributed by atoms with Crippen LogP contribution in [0.15, 0.2) is 30.6 Å². The van der Waals surface area contributed by atoms with E-state index in [0.29, 0.717) is 11.5 Å². The smallest absolute Gasteiger partial charge is 0.185 e. The third kappa shape index (κ3) is 1.86. The van der Waals surface area contributed by atoms with Gasteiger partial charge < -0.3 is 0 Å². The SMILES string of the molecule is Cc1cc(-c2cccnc2)c2c(n1)CN(C#N)C2=S. The maximum atomic E-state index is 9.09. The van der Waals surface area contributed by atoms with Crippen molar-refractivity contribution in [3.63, 3.8) is 0 Å². The molecule has 0 aromatic carbocycles. The third-order valence-electron chi connectivity index (χ3n) is 3.08. The molecule has 0 bridgehead atoms. The Morgan fingerprint density at radius 2 is 2.32 bits per heavy atom. The van der Waals surface area contributed by atoms with E-state index in [4.69, 9.17) is 17.5 Å². The van der Waals surface area contributed by atoms with E-state index in [-0.39, 0.29) is 0 Å². The minimum absolute atomic E-state index is 0.458. The Morgan fingerprint density at radius 1 is 1.47 bits per heavy atom. The van der Waals surface area contributed by atoms with Crippen molar-refractivity contribution in [2.75, 3.05) is 0 Å². The first-order valence-electron chi connectivity index (χ1n) is 5.83. The second-order valence-corrected chi connectivity index (χ2v) is 4.75. The fourth-order valence-corrected chi connectivity index (χ4v) is 2.61. The van der Waals surface area contributed by atoms with Crippen molar-refractivity contribution in [2.24, 2.45) is 0 Å². The minimum atomic E-state index is 0.458. The summed E-state index contributed by atoms with van der Waals surface area (Å²) >= 11 is 5.37. The van der Waals surface area contributed by atoms with Crippen molar-refractivity contribution >= 4 is 17.2 Å². The molecule has 19 heavy (non-hydrogen) atoms. The van der Waals surface area contributed by atoms with Crippen LogP contribution in [0.5, 0.6) is 0 Å². The quantitative estimate of drug-likeness (QED) is 0.586. The van der Waals surface area contributed by atoms with E-state index in [1.54, 1.807) is 12.4 Å². The van der Waals surface area contributed by atoms with Crippen molar-refractivity contribution < 1.29 is 0 Å². The van der Waals surface area contributed by atoms with Crippen molar-refractivity contribution in [1.29, 1.82) is 5.26 Å². The summed E-state index contributed by atoms with van der Waals surface area (Å²) in [6.07, 6.45) is 5.63. The van der Waals surface area contributed by atoms with Crippen LogP contribution in [0.25, 0.3) is 11.1 Å². The Bertz CT molecular complexity index is 703. The molecule has 5 heteroatoms. The predicted octanol–water partition coefficient (Wildman–Crippen LogP) is 2.42. The van der Waals surface area contributed by atoms with Gasteiger partial charge in [0.05, 0.1) is 12.2 Å². The summed E-state index contributed by atoms with van der Waals surface area (Å²) in [7, 11) is 0. The van der Waals surface area contributed by atoms with Crippen LogP contribution in [0.1, 0.15) is 17.0 Å². The summed E-state index contributed by atoms with van der Waals surface area (Å²) in [6.45, 7) is 2.40. The zero-order valence-corrected chi connectivity index (χ0v) is 11.1. The average molecular weight is 266 g/mol. The van der Waals surface area contributed by atoms with Crippen LogP contribution in [0.4, 0.5) is 0 Å². The molecule has 0 saturated carbocycles. The molecule has 2 aromatic rings. The Kier molecular flexibility index (Phi) is 2.73. The second kappa shape index (κ2) is 4.41. The standard InChI is InChI=1S/C14H10N4S/c1-9-5-11(10-3-2-4-16-6-10)13-12(17-9)7-18(8-15)14(13)19/h2-6H,7H2,1H3. The molecule has 92 valence electrons. The maximum Gasteiger partial charge on any atom is 0.185 e. The molecule has 0 fully saturated rings. The Labute approximate surface area is 116 Å². The van der Waals surface area contributed by atoms with Gasteiger partial charge in [0.15, 0.2) is 6.19 Å². The lowest BCUT2D eigenvalue weighted by Gasteiger charge is -2.09. The van der Waals surface area contributed by atoms with Crippen LogP contribution in [0, 0.1) is 18.4 Å². The molecule has 0 aliphatic carbocycles. The molecule has 0 amide bonds. The first-order chi connectivity index (χ1) is 9.20. The maximum absolute atomic E-state index is 9.09. The molecule has 2 aromatic heterocycles. The highest BCUT2D eigenvalue weighted by atomic mass is 32.1. The molecule has 3 heterocycles. The lowest BCUT2D eigenvalue weighted by molar-refractivity contribution is 0.597. The summed E-state index contributed by atoms with van der Waals surface area (Å²) in [5, 5.41) is 9.09. The van der Waals surface area contributed by atoms with Crippen molar-refractivity contribution in [2.45, 2.75) is 13.5 Å². The first-order valence-corrected chi connectivity index (χ1v) is 6.24. The Morgan fingerprint density at radius 3 is 3.00 bits per heavy atom. The molecule has 4 nitrogen and oxygen atoms in total. The van der Waals surface area contributed by atoms with Gasteiger partial charge in [-0.1, -0.05) is 18.3 Å². The van der Waals surface area contributed by atoms with Crippen LogP contribution in [0.2, 0.25) is 0 Å². The second-order valence-electron chi connectivity index (χ2n) is 4.37. The largest absolute Gasteiger partial charge is 0.264 e. The van der Waals surface area contributed by atoms with Gasteiger partial charge in [0.2, 0.25) is 0 Å². The van der Waals surface area contributed by atoms with E-state index in [0.717, 1.165) is 28.1 Å². The first kappa shape index (κ1) is 11.8. The molecular weight excluding hydrogens is 256 g/mol. The number of hydrogen-bond acceptors (Lipinski definition) is 4. The monoisotopic (exact) mass is 266 g/mol. The molecule has 3 rings (SSSR count). The highest BCUT2D eigenvalue weighted by Crippen LogP contribution is 2.32. The van der Waals surface area contributed by atoms with Crippen LogP contribution in [-0.2, 0) is 6.54 Å². The number of pyridine rings is 2. The Hall–Kier alpha value is -2.32. The van der Waals surface area contributed by atoms with Crippen LogP contribution < -0.4 is 0 Å². The topological polar surface area (TPSA) is 52.8 Å². The van der Waals surface area contributed by atoms with Gasteiger partial charge >= 0.3 is 0 Å². The van der Waals surface area contributed by atoms with E-state index in [1.807, 2.05) is 25.1 Å². The van der Waals surface area contributed by atoms with Gasteiger partial charge in [0.25, 0.3) is 0 Å². The van der Waals surface area contributed by atoms with Gasteiger partial charge in [-0.05, 0) is 24.6 Å². The van der Waals surface area contributed by atoms with Gasteiger partial charge in [-0.25, -0.2) is 0 Å². The van der Waals surface area contributed by atoms with Crippen LogP contribution in [-0.4, -0.2) is 19.9 Å². The van der Waals surface area contributed by atoms with Crippen molar-refractivity contribution in [1.82, 2.24) is 14.9 Å². The van der Waals surface area contributed by atoms with Crippen molar-refractivity contribution in [3.8, 4) is 17.3 Å². The highest BCUT2D eigenvalue weighted by molar-refractivity contribution is 7.80. The highest BCUT2D eigenvalue weighted by Gasteiger charge is 2.28. The van der Waals surface area contributed by atoms with Gasteiger partial charge in [0, 0.05) is 29.2 Å². The molecule has 0 radical (unpaired) electrons. The number of aromatic nitrogens is 2. The van der Waals surface area contributed by atoms with E-state index in [1.165, 1.54) is 4.90 Å². The predicted molar refractivity (Wildman–Crippen MR) is 75.1 cm³/mol. The molecule has 0 spiro atoms. The summed E-state index contributed by atoms with van der Waals surface area (Å²) in [5.41, 5.74) is 4.66. The van der Waals surface area contributed by atoms with E-state index >= 15 is 0 Å². The number of fused-ring (bicyclic) bond motifs is 1. The minimum Gasteiger partial charge on any atom is -0.264 e. The van der Waals surface area contributed by atoms with Gasteiger partial charge in [-0.3, -0.25) is 14.9 Å². The number of thiocarbonyl (C=S) groups is 1. The molecule has 1 aliphatic rings. The number of aryl methyl sites for hydroxylation is 1. The van der Waals surface area contributed by atoms with Gasteiger partial charge in [-0.15, -0.1) is 0 Å². The zero-order valence-electron chi connectivity index (χ0n) is 10.3. The molecule has 0 unspecified atom stereocenters. The van der Waals surface area contributed by atoms with E-state index in [2.05, 4.69) is 16.2 Å². The summed E-state index contributed by atoms with van der Waals surface area (Å²) in [4.78, 5) is 10.7. The number of nitriles is 1. The normalized spacial score (nSPS) is 13.3. The number of hydrogen-bond donors (Lipinski definition) is 0. The van der Waals surface area contributed by atoms with E-state index < -0.39 is 0 Å². The molecule has 0 atom stereocenters. The summed E-state index contributed by atoms with van der Waals surface area (Å²) in [6, 6.07) is 5.86. The summed E-state index contributed by atoms with van der Waals surface area (Å²) in [5.74, 6) is 0. The lowest BCUT2D eigenvalue weighted by atomic mass is 10.0. The van der Waals surface area contributed by atoms with Gasteiger partial charge in [0.1, 0.15) is 4.99 Å². The summed E-state index contributed by atoms with van der Waals surface area (Å²) < 4.78 is 0. The van der Waals surface area contributed by atoms with E-state index in [9.17, 15) is 0 Å². The lowest BCUT2D eigenvalue weighted by Crippen LogP contribution is -2.16. The Balaban J connectivity index is 2.24. The molecule has 1 aliphatic heterocycles. The van der Waals surface area contributed by atoms with Crippen molar-refractivity contribution in [3.05, 3.63) is 47.5 Å².